The highest BCUT2D eigenvalue weighted by atomic mass is 16.1. The molecule has 0 spiro atoms. The van der Waals surface area contributed by atoms with Crippen molar-refractivity contribution in [3.8, 4) is 0 Å². The van der Waals surface area contributed by atoms with E-state index in [1.165, 1.54) is 25.7 Å². The zero-order chi connectivity index (χ0) is 14.5. The Morgan fingerprint density at radius 1 is 1.29 bits per heavy atom. The molecular weight excluding hydrogens is 262 g/mol. The summed E-state index contributed by atoms with van der Waals surface area (Å²) in [6.07, 6.45) is 10.4. The first-order chi connectivity index (χ1) is 10.3. The standard InChI is InChI=1S/C17H21N3O/c21-17-12-15(19-16-8-4-5-11-20(16)17)13-18-10-9-14-6-2-1-3-7-14/h4-6,8,11-12,18H,1-3,7,9-10,13H2. The van der Waals surface area contributed by atoms with Crippen LogP contribution in [-0.4, -0.2) is 15.9 Å². The van der Waals surface area contributed by atoms with Crippen LogP contribution in [0.1, 0.15) is 37.8 Å². The first-order valence-electron chi connectivity index (χ1n) is 7.69. The molecule has 0 aromatic carbocycles. The molecule has 0 radical (unpaired) electrons. The van der Waals surface area contributed by atoms with Gasteiger partial charge in [-0.05, 0) is 50.8 Å². The number of rotatable bonds is 5. The Kier molecular flexibility index (Phi) is 4.46. The predicted molar refractivity (Wildman–Crippen MR) is 84.3 cm³/mol. The molecule has 2 aromatic rings. The summed E-state index contributed by atoms with van der Waals surface area (Å²) in [4.78, 5) is 16.5. The lowest BCUT2D eigenvalue weighted by molar-refractivity contribution is 0.627. The van der Waals surface area contributed by atoms with Gasteiger partial charge in [0.05, 0.1) is 5.69 Å². The molecule has 4 heteroatoms. The normalized spacial score (nSPS) is 15.1. The van der Waals surface area contributed by atoms with Gasteiger partial charge in [0.15, 0.2) is 0 Å². The third kappa shape index (κ3) is 3.58. The van der Waals surface area contributed by atoms with Crippen molar-refractivity contribution in [3.63, 3.8) is 0 Å². The van der Waals surface area contributed by atoms with Crippen molar-refractivity contribution < 1.29 is 0 Å². The Bertz CT molecular complexity index is 702. The van der Waals surface area contributed by atoms with Crippen LogP contribution in [0, 0.1) is 0 Å². The lowest BCUT2D eigenvalue weighted by Gasteiger charge is -2.12. The summed E-state index contributed by atoms with van der Waals surface area (Å²) >= 11 is 0. The van der Waals surface area contributed by atoms with Gasteiger partial charge >= 0.3 is 0 Å². The number of aromatic nitrogens is 2. The highest BCUT2D eigenvalue weighted by Gasteiger charge is 2.04. The zero-order valence-electron chi connectivity index (χ0n) is 12.2. The molecule has 0 fully saturated rings. The number of nitrogens with zero attached hydrogens (tertiary/aromatic N) is 2. The highest BCUT2D eigenvalue weighted by molar-refractivity contribution is 5.37. The molecule has 110 valence electrons. The molecule has 0 unspecified atom stereocenters. The number of fused-ring (bicyclic) bond motifs is 1. The van der Waals surface area contributed by atoms with Gasteiger partial charge in [-0.2, -0.15) is 0 Å². The van der Waals surface area contributed by atoms with E-state index >= 15 is 0 Å². The average Bonchev–Trinajstić information content (AvgIpc) is 2.53. The van der Waals surface area contributed by atoms with E-state index in [1.54, 1.807) is 22.2 Å². The molecule has 0 aliphatic heterocycles. The molecule has 1 N–H and O–H groups in total. The van der Waals surface area contributed by atoms with Crippen LogP contribution in [-0.2, 0) is 6.54 Å². The molecule has 1 aliphatic rings. The van der Waals surface area contributed by atoms with Gasteiger partial charge in [0.2, 0.25) is 0 Å². The number of nitrogens with one attached hydrogen (secondary N) is 1. The molecule has 0 amide bonds. The van der Waals surface area contributed by atoms with Gasteiger partial charge in [0, 0.05) is 18.8 Å². The van der Waals surface area contributed by atoms with Crippen molar-refractivity contribution in [2.45, 2.75) is 38.6 Å². The van der Waals surface area contributed by atoms with Crippen LogP contribution in [0.3, 0.4) is 0 Å². The maximum Gasteiger partial charge on any atom is 0.258 e. The van der Waals surface area contributed by atoms with E-state index in [2.05, 4.69) is 16.4 Å². The Labute approximate surface area is 124 Å². The van der Waals surface area contributed by atoms with Crippen LogP contribution in [0.25, 0.3) is 5.65 Å². The van der Waals surface area contributed by atoms with Gasteiger partial charge in [-0.1, -0.05) is 17.7 Å². The Balaban J connectivity index is 1.58. The van der Waals surface area contributed by atoms with E-state index in [1.807, 2.05) is 18.2 Å². The third-order valence-corrected chi connectivity index (χ3v) is 3.94. The second-order valence-electron chi connectivity index (χ2n) is 5.55. The largest absolute Gasteiger partial charge is 0.311 e. The summed E-state index contributed by atoms with van der Waals surface area (Å²) in [5.74, 6) is 0. The summed E-state index contributed by atoms with van der Waals surface area (Å²) in [6.45, 7) is 1.59. The second kappa shape index (κ2) is 6.68. The van der Waals surface area contributed by atoms with E-state index < -0.39 is 0 Å². The zero-order valence-corrected chi connectivity index (χ0v) is 12.2. The highest BCUT2D eigenvalue weighted by Crippen LogP contribution is 2.19. The molecule has 4 nitrogen and oxygen atoms in total. The summed E-state index contributed by atoms with van der Waals surface area (Å²) in [5, 5.41) is 3.39. The van der Waals surface area contributed by atoms with E-state index in [0.717, 1.165) is 18.7 Å². The van der Waals surface area contributed by atoms with Crippen LogP contribution in [0.2, 0.25) is 0 Å². The van der Waals surface area contributed by atoms with Gasteiger partial charge in [-0.15, -0.1) is 0 Å². The fraction of sp³-hybridized carbons (Fsp3) is 0.412. The minimum Gasteiger partial charge on any atom is -0.311 e. The molecule has 1 aliphatic carbocycles. The molecule has 3 rings (SSSR count). The van der Waals surface area contributed by atoms with Crippen molar-refractivity contribution in [1.29, 1.82) is 0 Å². The first kappa shape index (κ1) is 14.0. The minimum atomic E-state index is -0.0209. The van der Waals surface area contributed by atoms with E-state index in [-0.39, 0.29) is 5.56 Å². The van der Waals surface area contributed by atoms with Crippen molar-refractivity contribution in [3.05, 3.63) is 58.2 Å². The first-order valence-corrected chi connectivity index (χ1v) is 7.69. The van der Waals surface area contributed by atoms with E-state index in [4.69, 9.17) is 0 Å². The van der Waals surface area contributed by atoms with Crippen LogP contribution in [0.4, 0.5) is 0 Å². The molecule has 0 saturated carbocycles. The third-order valence-electron chi connectivity index (χ3n) is 3.94. The topological polar surface area (TPSA) is 46.4 Å². The second-order valence-corrected chi connectivity index (χ2v) is 5.55. The Hall–Kier alpha value is -1.94. The molecule has 21 heavy (non-hydrogen) atoms. The molecule has 0 bridgehead atoms. The Morgan fingerprint density at radius 3 is 3.10 bits per heavy atom. The van der Waals surface area contributed by atoms with Crippen LogP contribution in [0.5, 0.6) is 0 Å². The van der Waals surface area contributed by atoms with E-state index in [0.29, 0.717) is 12.2 Å². The van der Waals surface area contributed by atoms with Crippen molar-refractivity contribution in [2.75, 3.05) is 6.54 Å². The smallest absolute Gasteiger partial charge is 0.258 e. The molecular formula is C17H21N3O. The fourth-order valence-electron chi connectivity index (χ4n) is 2.79. The molecule has 0 atom stereocenters. The number of hydrogen-bond donors (Lipinski definition) is 1. The summed E-state index contributed by atoms with van der Waals surface area (Å²) in [7, 11) is 0. The quantitative estimate of drug-likeness (QED) is 0.678. The van der Waals surface area contributed by atoms with Crippen LogP contribution >= 0.6 is 0 Å². The van der Waals surface area contributed by atoms with Crippen LogP contribution < -0.4 is 10.9 Å². The van der Waals surface area contributed by atoms with Crippen LogP contribution in [0.15, 0.2) is 46.9 Å². The average molecular weight is 283 g/mol. The SMILES string of the molecule is O=c1cc(CNCCC2=CCCCC2)nc2ccccn12. The van der Waals surface area contributed by atoms with Crippen molar-refractivity contribution in [2.24, 2.45) is 0 Å². The van der Waals surface area contributed by atoms with Crippen molar-refractivity contribution in [1.82, 2.24) is 14.7 Å². The summed E-state index contributed by atoms with van der Waals surface area (Å²) < 4.78 is 1.57. The van der Waals surface area contributed by atoms with Gasteiger partial charge in [0.1, 0.15) is 5.65 Å². The lowest BCUT2D eigenvalue weighted by atomic mass is 9.97. The molecule has 0 saturated heterocycles. The number of hydrogen-bond acceptors (Lipinski definition) is 3. The Morgan fingerprint density at radius 2 is 2.24 bits per heavy atom. The van der Waals surface area contributed by atoms with Gasteiger partial charge in [-0.3, -0.25) is 9.20 Å². The summed E-state index contributed by atoms with van der Waals surface area (Å²) in [6, 6.07) is 7.21. The fourth-order valence-corrected chi connectivity index (χ4v) is 2.79. The van der Waals surface area contributed by atoms with Gasteiger partial charge in [0.25, 0.3) is 5.56 Å². The molecule has 2 aromatic heterocycles. The monoisotopic (exact) mass is 283 g/mol. The summed E-state index contributed by atoms with van der Waals surface area (Å²) in [5.41, 5.74) is 3.06. The van der Waals surface area contributed by atoms with Gasteiger partial charge < -0.3 is 5.32 Å². The number of allylic oxidation sites excluding steroid dienone is 1. The van der Waals surface area contributed by atoms with Gasteiger partial charge in [-0.25, -0.2) is 4.98 Å². The van der Waals surface area contributed by atoms with Crippen molar-refractivity contribution >= 4 is 5.65 Å². The van der Waals surface area contributed by atoms with E-state index in [9.17, 15) is 4.79 Å². The number of pyridine rings is 1. The minimum absolute atomic E-state index is 0.0209. The molecule has 2 heterocycles. The maximum atomic E-state index is 12.0. The maximum absolute atomic E-state index is 12.0. The predicted octanol–water partition coefficient (Wildman–Crippen LogP) is 2.67. The lowest BCUT2D eigenvalue weighted by Crippen LogP contribution is -2.20.